The highest BCUT2D eigenvalue weighted by atomic mass is 16.3. The number of amides is 3. The first-order valence-corrected chi connectivity index (χ1v) is 13.6. The molecule has 1 aromatic rings. The van der Waals surface area contributed by atoms with Crippen molar-refractivity contribution in [2.75, 3.05) is 46.8 Å². The molecular formula is C28H34N5O9+. The normalized spacial score (nSPS) is 28.0. The Kier molecular flexibility index (Phi) is 7.21. The lowest BCUT2D eigenvalue weighted by atomic mass is 9.57. The number of nitrogens with two attached hydrogens (primary N) is 1. The van der Waals surface area contributed by atoms with Gasteiger partial charge in [-0.05, 0) is 50.6 Å². The Morgan fingerprint density at radius 3 is 2.31 bits per heavy atom. The second-order valence-electron chi connectivity index (χ2n) is 11.5. The van der Waals surface area contributed by atoms with Crippen LogP contribution in [0.4, 0.5) is 4.79 Å². The van der Waals surface area contributed by atoms with Gasteiger partial charge >= 0.3 is 11.9 Å². The molecule has 1 saturated carbocycles. The number of aliphatic hydroxyl groups is 3. The van der Waals surface area contributed by atoms with Gasteiger partial charge in [-0.3, -0.25) is 29.9 Å². The maximum absolute atomic E-state index is 13.9. The number of primary amides is 1. The van der Waals surface area contributed by atoms with E-state index in [9.17, 15) is 44.4 Å². The van der Waals surface area contributed by atoms with Crippen LogP contribution >= 0.6 is 0 Å². The smallest absolute Gasteiger partial charge is 0.348 e. The SMILES string of the molecule is CN(C)C1C(=O)C(C([NH3+])=O)=C(O)C2(O)C(=O)C3=C(O)c4c(O)ccc(C(=O)CN5CCN(C(N)=O)CC5)c4CC3CC12. The number of aromatic hydroxyl groups is 1. The zero-order valence-corrected chi connectivity index (χ0v) is 23.3. The van der Waals surface area contributed by atoms with Crippen molar-refractivity contribution in [3.05, 3.63) is 45.7 Å². The number of nitrogens with zero attached hydrogens (tertiary/aromatic N) is 3. The van der Waals surface area contributed by atoms with Crippen molar-refractivity contribution in [1.29, 1.82) is 0 Å². The number of Topliss-reactive ketones (excluding diaryl/α,β-unsaturated/α-hetero) is 3. The fraction of sp³-hybridized carbons (Fsp3) is 0.464. The third-order valence-electron chi connectivity index (χ3n) is 8.99. The van der Waals surface area contributed by atoms with Crippen LogP contribution in [-0.2, 0) is 20.8 Å². The van der Waals surface area contributed by atoms with E-state index in [0.717, 1.165) is 0 Å². The maximum Gasteiger partial charge on any atom is 0.348 e. The molecular weight excluding hydrogens is 550 g/mol. The topological polar surface area (TPSA) is 230 Å². The number of likely N-dealkylation sites (N-methyl/N-ethyl adjacent to an activating group) is 1. The molecule has 0 bridgehead atoms. The molecule has 1 aliphatic heterocycles. The lowest BCUT2D eigenvalue weighted by Gasteiger charge is -2.50. The average molecular weight is 585 g/mol. The highest BCUT2D eigenvalue weighted by Crippen LogP contribution is 2.52. The van der Waals surface area contributed by atoms with E-state index < -0.39 is 64.1 Å². The Morgan fingerprint density at radius 1 is 1.10 bits per heavy atom. The van der Waals surface area contributed by atoms with Gasteiger partial charge in [-0.1, -0.05) is 0 Å². The van der Waals surface area contributed by atoms with E-state index in [2.05, 4.69) is 5.73 Å². The molecule has 1 aromatic carbocycles. The first-order chi connectivity index (χ1) is 19.7. The van der Waals surface area contributed by atoms with Crippen LogP contribution in [0.25, 0.3) is 5.76 Å². The van der Waals surface area contributed by atoms with Gasteiger partial charge in [0.05, 0.1) is 18.2 Å². The minimum atomic E-state index is -2.70. The van der Waals surface area contributed by atoms with E-state index in [1.54, 1.807) is 0 Å². The Hall–Kier alpha value is -4.11. The minimum absolute atomic E-state index is 0.00482. The fourth-order valence-corrected chi connectivity index (χ4v) is 6.95. The molecule has 4 aliphatic rings. The number of hydrogen-bond donors (Lipinski definition) is 6. The quantitative estimate of drug-likeness (QED) is 0.166. The molecule has 5 rings (SSSR count). The molecule has 42 heavy (non-hydrogen) atoms. The molecule has 0 radical (unpaired) electrons. The van der Waals surface area contributed by atoms with Crippen molar-refractivity contribution in [1.82, 2.24) is 14.7 Å². The molecule has 3 amide bonds. The van der Waals surface area contributed by atoms with Gasteiger partial charge in [-0.2, -0.15) is 0 Å². The predicted molar refractivity (Wildman–Crippen MR) is 145 cm³/mol. The number of fused-ring (bicyclic) bond motifs is 3. The van der Waals surface area contributed by atoms with Gasteiger partial charge in [0, 0.05) is 43.2 Å². The summed E-state index contributed by atoms with van der Waals surface area (Å²) in [5.41, 5.74) is 5.21. The van der Waals surface area contributed by atoms with E-state index in [1.807, 2.05) is 4.90 Å². The van der Waals surface area contributed by atoms with E-state index in [0.29, 0.717) is 31.7 Å². The molecule has 1 saturated heterocycles. The first-order valence-electron chi connectivity index (χ1n) is 13.6. The number of rotatable bonds is 5. The fourth-order valence-electron chi connectivity index (χ4n) is 6.95. The van der Waals surface area contributed by atoms with E-state index in [-0.39, 0.29) is 47.6 Å². The van der Waals surface area contributed by atoms with Crippen molar-refractivity contribution in [3.63, 3.8) is 0 Å². The van der Waals surface area contributed by atoms with Gasteiger partial charge in [0.15, 0.2) is 28.5 Å². The molecule has 0 spiro atoms. The van der Waals surface area contributed by atoms with Gasteiger partial charge in [0.1, 0.15) is 11.5 Å². The summed E-state index contributed by atoms with van der Waals surface area (Å²) in [4.78, 5) is 69.1. The molecule has 4 unspecified atom stereocenters. The average Bonchev–Trinajstić information content (AvgIpc) is 2.90. The van der Waals surface area contributed by atoms with E-state index >= 15 is 0 Å². The molecule has 3 aliphatic carbocycles. The number of quaternary nitrogens is 1. The monoisotopic (exact) mass is 584 g/mol. The van der Waals surface area contributed by atoms with Crippen LogP contribution in [0, 0.1) is 11.8 Å². The lowest BCUT2D eigenvalue weighted by Crippen LogP contribution is -2.68. The number of piperazine rings is 1. The summed E-state index contributed by atoms with van der Waals surface area (Å²) in [7, 11) is 3.08. The molecule has 14 heteroatoms. The summed E-state index contributed by atoms with van der Waals surface area (Å²) >= 11 is 0. The number of urea groups is 1. The van der Waals surface area contributed by atoms with Crippen LogP contribution in [0.15, 0.2) is 29.0 Å². The molecule has 14 nitrogen and oxygen atoms in total. The van der Waals surface area contributed by atoms with Crippen LogP contribution in [0.1, 0.15) is 27.9 Å². The van der Waals surface area contributed by atoms with E-state index in [4.69, 9.17) is 5.73 Å². The minimum Gasteiger partial charge on any atom is -0.508 e. The lowest BCUT2D eigenvalue weighted by molar-refractivity contribution is -0.299. The van der Waals surface area contributed by atoms with Crippen LogP contribution in [0.5, 0.6) is 5.75 Å². The largest absolute Gasteiger partial charge is 0.508 e. The van der Waals surface area contributed by atoms with Crippen molar-refractivity contribution >= 4 is 35.0 Å². The van der Waals surface area contributed by atoms with Gasteiger partial charge in [0.2, 0.25) is 5.78 Å². The summed E-state index contributed by atoms with van der Waals surface area (Å²) in [6.07, 6.45) is -0.0331. The highest BCUT2D eigenvalue weighted by molar-refractivity contribution is 6.22. The molecule has 2 fully saturated rings. The van der Waals surface area contributed by atoms with Gasteiger partial charge in [0.25, 0.3) is 0 Å². The maximum atomic E-state index is 13.9. The molecule has 1 heterocycles. The van der Waals surface area contributed by atoms with Crippen LogP contribution in [-0.4, -0.2) is 123 Å². The van der Waals surface area contributed by atoms with Gasteiger partial charge in [-0.15, -0.1) is 0 Å². The van der Waals surface area contributed by atoms with Crippen LogP contribution < -0.4 is 11.5 Å². The molecule has 224 valence electrons. The number of carbonyl (C=O) groups is 5. The molecule has 4 atom stereocenters. The summed E-state index contributed by atoms with van der Waals surface area (Å²) in [5, 5.41) is 44.8. The zero-order valence-electron chi connectivity index (χ0n) is 23.3. The second-order valence-corrected chi connectivity index (χ2v) is 11.5. The van der Waals surface area contributed by atoms with E-state index in [1.165, 1.54) is 36.0 Å². The number of ketones is 3. The number of hydrogen-bond acceptors (Lipinski definition) is 11. The Labute approximate surface area is 240 Å². The zero-order chi connectivity index (χ0) is 30.8. The van der Waals surface area contributed by atoms with Crippen LogP contribution in [0.3, 0.4) is 0 Å². The summed E-state index contributed by atoms with van der Waals surface area (Å²) in [6.45, 7) is 1.59. The predicted octanol–water partition coefficient (Wildman–Crippen LogP) is -1.87. The Balaban J connectivity index is 1.55. The van der Waals surface area contributed by atoms with Gasteiger partial charge < -0.3 is 31.1 Å². The number of aliphatic hydroxyl groups excluding tert-OH is 2. The first kappa shape index (κ1) is 29.4. The Morgan fingerprint density at radius 2 is 1.74 bits per heavy atom. The third-order valence-corrected chi connectivity index (χ3v) is 8.99. The summed E-state index contributed by atoms with van der Waals surface area (Å²) in [5.74, 6) is -7.32. The number of benzene rings is 1. The number of carbonyl (C=O) groups excluding carboxylic acids is 5. The standard InChI is InChI=1S/C28H33N5O9/c1-31(2)21-15-10-12-9-14-13(17(35)11-32-5-7-33(8-6-32)27(30)41)3-4-16(34)19(14)22(36)18(12)24(38)28(15,42)25(39)20(23(21)37)26(29)40/h3-4,12,15,21,34,36,39,42H,5-11H2,1-2H3,(H2,29,40)(H2,30,41)/p+1. The third kappa shape index (κ3) is 4.29. The summed E-state index contributed by atoms with van der Waals surface area (Å²) < 4.78 is 0. The molecule has 9 N–H and O–H groups in total. The van der Waals surface area contributed by atoms with Gasteiger partial charge in [-0.25, -0.2) is 9.59 Å². The van der Waals surface area contributed by atoms with Crippen molar-refractivity contribution < 1.29 is 50.1 Å². The van der Waals surface area contributed by atoms with Crippen molar-refractivity contribution in [2.45, 2.75) is 24.5 Å². The second kappa shape index (κ2) is 10.3. The highest BCUT2D eigenvalue weighted by Gasteiger charge is 2.64. The number of phenolic OH excluding ortho intramolecular Hbond substituents is 1. The van der Waals surface area contributed by atoms with Crippen molar-refractivity contribution in [3.8, 4) is 5.75 Å². The molecule has 0 aromatic heterocycles. The summed E-state index contributed by atoms with van der Waals surface area (Å²) in [6, 6.07) is 0.986. The van der Waals surface area contributed by atoms with Crippen molar-refractivity contribution in [2.24, 2.45) is 17.6 Å². The Bertz CT molecular complexity index is 1490. The number of phenols is 1. The van der Waals surface area contributed by atoms with Crippen LogP contribution in [0.2, 0.25) is 0 Å².